The lowest BCUT2D eigenvalue weighted by molar-refractivity contribution is -0.197. The van der Waals surface area contributed by atoms with Gasteiger partial charge in [-0.2, -0.15) is 0 Å². The fraction of sp³-hybridized carbons (Fsp3) is 0.657. The minimum absolute atomic E-state index is 0.0836. The molecule has 94 heavy (non-hydrogen) atoms. The maximum Gasteiger partial charge on any atom is 0.161 e. The van der Waals surface area contributed by atoms with Crippen LogP contribution in [-0.2, 0) is 37.9 Å². The Labute approximate surface area is 555 Å². The van der Waals surface area contributed by atoms with E-state index in [2.05, 4.69) is 13.8 Å². The molecule has 8 rings (SSSR count). The fourth-order valence-electron chi connectivity index (χ4n) is 8.94. The molecule has 4 aliphatic rings. The predicted molar refractivity (Wildman–Crippen MR) is 349 cm³/mol. The predicted octanol–water partition coefficient (Wildman–Crippen LogP) is 6.02. The summed E-state index contributed by atoms with van der Waals surface area (Å²) in [5.74, 6) is 4.19. The largest absolute Gasteiger partial charge is 0.487 e. The van der Waals surface area contributed by atoms with Gasteiger partial charge >= 0.3 is 0 Å². The molecule has 4 heterocycles. The maximum absolute atomic E-state index is 10.1. The van der Waals surface area contributed by atoms with Gasteiger partial charge < -0.3 is 117 Å². The van der Waals surface area contributed by atoms with Crippen molar-refractivity contribution in [1.29, 1.82) is 0 Å². The number of hydrogen-bond donors (Lipinski definition) is 8. The quantitative estimate of drug-likeness (QED) is 0.114. The molecule has 0 spiro atoms. The molecule has 532 valence electrons. The van der Waals surface area contributed by atoms with E-state index in [0.717, 1.165) is 25.7 Å². The second-order valence-electron chi connectivity index (χ2n) is 25.4. The van der Waals surface area contributed by atoms with Crippen LogP contribution in [0.1, 0.15) is 81.1 Å². The molecule has 24 heteroatoms. The van der Waals surface area contributed by atoms with Crippen LogP contribution in [0.4, 0.5) is 0 Å². The minimum atomic E-state index is -0.776. The van der Waals surface area contributed by atoms with Crippen LogP contribution in [0.15, 0.2) is 97.1 Å². The van der Waals surface area contributed by atoms with Gasteiger partial charge in [0, 0.05) is 24.0 Å². The molecule has 4 aromatic rings. The van der Waals surface area contributed by atoms with E-state index in [1.54, 1.807) is 48.5 Å². The van der Waals surface area contributed by atoms with Gasteiger partial charge in [0.1, 0.15) is 102 Å². The molecule has 8 N–H and O–H groups in total. The molecule has 0 aromatic heterocycles. The maximum atomic E-state index is 10.1. The number of aliphatic hydroxyl groups is 8. The Morgan fingerprint density at radius 2 is 0.489 bits per heavy atom. The number of rotatable bonds is 2. The van der Waals surface area contributed by atoms with Crippen LogP contribution in [0.25, 0.3) is 0 Å². The summed E-state index contributed by atoms with van der Waals surface area (Å²) in [6, 6.07) is 28.7. The highest BCUT2D eigenvalue weighted by Crippen LogP contribution is 2.34. The lowest BCUT2D eigenvalue weighted by Gasteiger charge is -2.42. The second-order valence-corrected chi connectivity index (χ2v) is 25.4. The molecule has 0 saturated carbocycles. The molecular weight excluding hydrogens is 1220 g/mol. The molecule has 0 radical (unpaired) electrons. The van der Waals surface area contributed by atoms with Crippen LogP contribution in [-0.4, -0.2) is 246 Å². The van der Waals surface area contributed by atoms with Gasteiger partial charge in [-0.25, -0.2) is 0 Å². The number of ether oxygens (including phenoxy) is 16. The van der Waals surface area contributed by atoms with Crippen molar-refractivity contribution in [2.24, 2.45) is 10.8 Å². The smallest absolute Gasteiger partial charge is 0.161 e. The Balaban J connectivity index is 0.000000227. The van der Waals surface area contributed by atoms with Gasteiger partial charge in [0.2, 0.25) is 0 Å². The van der Waals surface area contributed by atoms with E-state index in [1.165, 1.54) is 0 Å². The Hall–Kier alpha value is -5.36. The zero-order valence-corrected chi connectivity index (χ0v) is 56.4. The fourth-order valence-corrected chi connectivity index (χ4v) is 8.94. The molecule has 0 fully saturated rings. The van der Waals surface area contributed by atoms with E-state index in [4.69, 9.17) is 75.8 Å². The van der Waals surface area contributed by atoms with E-state index < -0.39 is 60.0 Å². The van der Waals surface area contributed by atoms with E-state index in [1.807, 2.05) is 90.1 Å². The van der Waals surface area contributed by atoms with Crippen molar-refractivity contribution in [3.8, 4) is 46.0 Å². The zero-order chi connectivity index (χ0) is 68.2. The van der Waals surface area contributed by atoms with Crippen molar-refractivity contribution in [2.75, 3.05) is 145 Å². The summed E-state index contributed by atoms with van der Waals surface area (Å²) >= 11 is 0. The van der Waals surface area contributed by atoms with Crippen LogP contribution in [0.5, 0.6) is 46.0 Å². The highest BCUT2D eigenvalue weighted by atomic mass is 16.6. The van der Waals surface area contributed by atoms with Gasteiger partial charge in [-0.1, -0.05) is 76.2 Å². The molecule has 0 bridgehead atoms. The first-order chi connectivity index (χ1) is 45.0. The van der Waals surface area contributed by atoms with E-state index in [0.29, 0.717) is 85.6 Å². The van der Waals surface area contributed by atoms with E-state index in [-0.39, 0.29) is 117 Å². The molecule has 4 aromatic carbocycles. The Morgan fingerprint density at radius 1 is 0.287 bits per heavy atom. The summed E-state index contributed by atoms with van der Waals surface area (Å²) in [6.07, 6.45) is -2.35. The molecular formula is C70H108O24. The monoisotopic (exact) mass is 1330 g/mol. The Morgan fingerprint density at radius 3 is 0.713 bits per heavy atom. The van der Waals surface area contributed by atoms with Crippen LogP contribution in [0, 0.1) is 10.8 Å². The third-order valence-corrected chi connectivity index (χ3v) is 15.6. The summed E-state index contributed by atoms with van der Waals surface area (Å²) in [6.45, 7) is 21.2. The van der Waals surface area contributed by atoms with E-state index in [9.17, 15) is 40.9 Å². The van der Waals surface area contributed by atoms with Gasteiger partial charge in [0.25, 0.3) is 0 Å². The zero-order valence-electron chi connectivity index (χ0n) is 56.4. The van der Waals surface area contributed by atoms with Crippen LogP contribution >= 0.6 is 0 Å². The number of para-hydroxylation sites is 8. The number of aliphatic hydroxyl groups excluding tert-OH is 8. The third kappa shape index (κ3) is 30.4. The van der Waals surface area contributed by atoms with Gasteiger partial charge in [0.05, 0.1) is 90.5 Å². The standard InChI is InChI=1S/C19H30O6.C18H28O6.C17H26O6.C16H24O6/c1-3-19(4-2)13-22-9-15(20)11-24-17-7-5-6-8-18(17)25-12-16(21)10-23-14-19;1-17(2)18(3,4)24-12-14(20)10-22-16-8-6-5-7-15(16)21-9-13(19)11-23-17;1-17(2)11-20-7-13(18)9-22-15-5-3-4-6-16(15)23-10-14(19)8-21-12-17;17-13-9-19-7-3-4-8-20-10-14(18)12-22-16-6-2-1-5-15(16)21-11-13/h5-8,15-16,20-21H,3-4,9-14H2,1-2H3;5-8,13-14,19-20H,9-12H2,1-4H3;3-6,13-14,18-19H,7-12H2,1-2H3;1-2,5-6,13-14,17-18H,3-4,7-12H2. The van der Waals surface area contributed by atoms with Gasteiger partial charge in [-0.15, -0.1) is 0 Å². The number of hydrogen-bond acceptors (Lipinski definition) is 24. The van der Waals surface area contributed by atoms with Crippen LogP contribution in [0.3, 0.4) is 0 Å². The SMILES string of the molecule is CC1(C)COCC(O)COc2ccccc2OCC(O)COC1.CC1(C)OCC(O)COc2ccccc2OCC(O)COC1(C)C.CCC1(CC)COCC(O)COc2ccccc2OCC(O)COC1.OC1COCCCCOCC(O)COc2ccccc2OC1. The summed E-state index contributed by atoms with van der Waals surface area (Å²) in [5.41, 5.74) is -1.64. The van der Waals surface area contributed by atoms with Crippen LogP contribution < -0.4 is 37.9 Å². The molecule has 8 atom stereocenters. The molecule has 0 amide bonds. The van der Waals surface area contributed by atoms with Crippen molar-refractivity contribution >= 4 is 0 Å². The van der Waals surface area contributed by atoms with Crippen molar-refractivity contribution in [3.05, 3.63) is 97.1 Å². The molecule has 4 aliphatic heterocycles. The Bertz CT molecular complexity index is 2470. The highest BCUT2D eigenvalue weighted by Gasteiger charge is 2.40. The first-order valence-corrected chi connectivity index (χ1v) is 32.6. The first-order valence-electron chi connectivity index (χ1n) is 32.6. The number of benzene rings is 4. The van der Waals surface area contributed by atoms with Crippen molar-refractivity contribution in [1.82, 2.24) is 0 Å². The first kappa shape index (κ1) is 79.3. The van der Waals surface area contributed by atoms with Crippen molar-refractivity contribution < 1.29 is 117 Å². The van der Waals surface area contributed by atoms with Gasteiger partial charge in [-0.3, -0.25) is 0 Å². The molecule has 0 aliphatic carbocycles. The summed E-state index contributed by atoms with van der Waals surface area (Å²) in [5, 5.41) is 80.0. The molecule has 24 nitrogen and oxygen atoms in total. The summed E-state index contributed by atoms with van der Waals surface area (Å²) in [7, 11) is 0. The van der Waals surface area contributed by atoms with Crippen molar-refractivity contribution in [2.45, 2.75) is 141 Å². The lowest BCUT2D eigenvalue weighted by atomic mass is 9.84. The number of fused-ring (bicyclic) bond motifs is 4. The average Bonchev–Trinajstić information content (AvgIpc) is 0.865. The normalized spacial score (nSPS) is 26.5. The second kappa shape index (κ2) is 42.3. The minimum Gasteiger partial charge on any atom is -0.487 e. The third-order valence-electron chi connectivity index (χ3n) is 15.6. The Kier molecular flexibility index (Phi) is 35.7. The summed E-state index contributed by atoms with van der Waals surface area (Å²) < 4.78 is 89.9. The molecule has 0 saturated heterocycles. The molecule has 8 unspecified atom stereocenters. The van der Waals surface area contributed by atoms with Crippen LogP contribution in [0.2, 0.25) is 0 Å². The van der Waals surface area contributed by atoms with Gasteiger partial charge in [0.15, 0.2) is 46.0 Å². The summed E-state index contributed by atoms with van der Waals surface area (Å²) in [4.78, 5) is 0. The lowest BCUT2D eigenvalue weighted by Crippen LogP contribution is -2.51. The topological polar surface area (TPSA) is 310 Å². The van der Waals surface area contributed by atoms with E-state index >= 15 is 0 Å². The van der Waals surface area contributed by atoms with Crippen molar-refractivity contribution in [3.63, 3.8) is 0 Å². The average molecular weight is 1330 g/mol. The highest BCUT2D eigenvalue weighted by molar-refractivity contribution is 5.42. The van der Waals surface area contributed by atoms with Gasteiger partial charge in [-0.05, 0) is 102 Å².